The predicted molar refractivity (Wildman–Crippen MR) is 164 cm³/mol. The van der Waals surface area contributed by atoms with Crippen LogP contribution < -0.4 is 15.0 Å². The van der Waals surface area contributed by atoms with Gasteiger partial charge in [-0.25, -0.2) is 9.67 Å². The summed E-state index contributed by atoms with van der Waals surface area (Å²) in [5.41, 5.74) is 4.24. The second-order valence-electron chi connectivity index (χ2n) is 9.74. The molecule has 0 spiro atoms. The molecule has 43 heavy (non-hydrogen) atoms. The minimum Gasteiger partial charge on any atom is -0.497 e. The Balaban J connectivity index is 1.25. The highest BCUT2D eigenvalue weighted by Crippen LogP contribution is 2.21. The van der Waals surface area contributed by atoms with Crippen molar-refractivity contribution in [3.8, 4) is 23.3 Å². The van der Waals surface area contributed by atoms with E-state index in [1.54, 1.807) is 46.7 Å². The number of hydrogen-bond donors (Lipinski definition) is 0. The number of methoxy groups -OCH3 is 1. The van der Waals surface area contributed by atoms with Crippen LogP contribution in [0.2, 0.25) is 0 Å². The first kappa shape index (κ1) is 27.2. The molecule has 0 fully saturated rings. The van der Waals surface area contributed by atoms with E-state index in [2.05, 4.69) is 16.4 Å². The van der Waals surface area contributed by atoms with Crippen LogP contribution >= 0.6 is 0 Å². The monoisotopic (exact) mass is 566 g/mol. The number of nitrogens with zero attached hydrogens (tertiary/aromatic N) is 6. The van der Waals surface area contributed by atoms with Crippen LogP contribution in [-0.2, 0) is 13.2 Å². The molecule has 2 aromatic heterocycles. The second kappa shape index (κ2) is 12.2. The zero-order valence-corrected chi connectivity index (χ0v) is 23.3. The summed E-state index contributed by atoms with van der Waals surface area (Å²) >= 11 is 0. The summed E-state index contributed by atoms with van der Waals surface area (Å²) in [5.74, 6) is 1.84. The SMILES string of the molecule is COc1ccc(Cn2cc(COc3cccc(-n4c(/C=C/c5ccc(C#N)cc5)nc5ccccc5c4=O)c3)nn2)cc1. The normalized spacial score (nSPS) is 11.1. The molecule has 4 aromatic carbocycles. The van der Waals surface area contributed by atoms with Gasteiger partial charge in [0.1, 0.15) is 29.6 Å². The fourth-order valence-electron chi connectivity index (χ4n) is 4.62. The van der Waals surface area contributed by atoms with Crippen molar-refractivity contribution in [2.24, 2.45) is 0 Å². The standard InChI is InChI=1S/C34H26N6O3/c1-42-29-16-13-26(14-17-29)21-39-22-27(37-38-39)23-43-30-6-4-5-28(19-30)40-33(18-15-24-9-11-25(20-35)12-10-24)36-32-8-3-2-7-31(32)34(40)41/h2-19,22H,21,23H2,1H3/b18-15+. The molecule has 0 aliphatic rings. The van der Waals surface area contributed by atoms with E-state index in [4.69, 9.17) is 19.7 Å². The third-order valence-corrected chi connectivity index (χ3v) is 6.82. The molecule has 2 heterocycles. The van der Waals surface area contributed by atoms with Gasteiger partial charge in [-0.05, 0) is 65.7 Å². The summed E-state index contributed by atoms with van der Waals surface area (Å²) in [7, 11) is 1.64. The third kappa shape index (κ3) is 6.19. The molecule has 0 radical (unpaired) electrons. The van der Waals surface area contributed by atoms with Crippen molar-refractivity contribution in [2.45, 2.75) is 13.2 Å². The Morgan fingerprint density at radius 3 is 2.51 bits per heavy atom. The number of para-hydroxylation sites is 1. The van der Waals surface area contributed by atoms with Crippen molar-refractivity contribution in [3.63, 3.8) is 0 Å². The number of benzene rings is 4. The number of nitriles is 1. The zero-order valence-electron chi connectivity index (χ0n) is 23.3. The topological polar surface area (TPSA) is 108 Å². The van der Waals surface area contributed by atoms with Gasteiger partial charge in [0.05, 0.1) is 48.1 Å². The first-order chi connectivity index (χ1) is 21.1. The Bertz CT molecular complexity index is 2020. The summed E-state index contributed by atoms with van der Waals surface area (Å²) in [4.78, 5) is 18.5. The Morgan fingerprint density at radius 2 is 1.72 bits per heavy atom. The molecular weight excluding hydrogens is 540 g/mol. The highest BCUT2D eigenvalue weighted by molar-refractivity contribution is 5.80. The van der Waals surface area contributed by atoms with Crippen LogP contribution in [0, 0.1) is 11.3 Å². The van der Waals surface area contributed by atoms with E-state index in [9.17, 15) is 4.79 Å². The lowest BCUT2D eigenvalue weighted by molar-refractivity contribution is 0.301. The van der Waals surface area contributed by atoms with Crippen molar-refractivity contribution >= 4 is 23.1 Å². The molecule has 6 rings (SSSR count). The minimum absolute atomic E-state index is 0.191. The number of ether oxygens (including phenoxy) is 2. The Morgan fingerprint density at radius 1 is 0.907 bits per heavy atom. The third-order valence-electron chi connectivity index (χ3n) is 6.82. The maximum atomic E-state index is 13.7. The van der Waals surface area contributed by atoms with Gasteiger partial charge in [0, 0.05) is 6.07 Å². The number of fused-ring (bicyclic) bond motifs is 1. The average Bonchev–Trinajstić information content (AvgIpc) is 3.50. The van der Waals surface area contributed by atoms with Gasteiger partial charge in [-0.1, -0.05) is 53.8 Å². The molecule has 0 bridgehead atoms. The van der Waals surface area contributed by atoms with Crippen LogP contribution in [0.5, 0.6) is 11.5 Å². The maximum Gasteiger partial charge on any atom is 0.266 e. The van der Waals surface area contributed by atoms with Gasteiger partial charge in [-0.3, -0.25) is 9.36 Å². The van der Waals surface area contributed by atoms with E-state index in [-0.39, 0.29) is 12.2 Å². The molecule has 0 unspecified atom stereocenters. The molecule has 9 nitrogen and oxygen atoms in total. The summed E-state index contributed by atoms with van der Waals surface area (Å²) in [6.45, 7) is 0.783. The number of rotatable bonds is 9. The van der Waals surface area contributed by atoms with Gasteiger partial charge in [0.25, 0.3) is 5.56 Å². The molecule has 9 heteroatoms. The molecule has 0 atom stereocenters. The average molecular weight is 567 g/mol. The van der Waals surface area contributed by atoms with Crippen molar-refractivity contribution in [1.82, 2.24) is 24.5 Å². The Labute approximate surface area is 247 Å². The lowest BCUT2D eigenvalue weighted by atomic mass is 10.1. The van der Waals surface area contributed by atoms with Crippen molar-refractivity contribution in [1.29, 1.82) is 5.26 Å². The molecule has 6 aromatic rings. The number of hydrogen-bond acceptors (Lipinski definition) is 7. The van der Waals surface area contributed by atoms with Crippen LogP contribution in [0.4, 0.5) is 0 Å². The fourth-order valence-corrected chi connectivity index (χ4v) is 4.62. The molecular formula is C34H26N6O3. The largest absolute Gasteiger partial charge is 0.497 e. The van der Waals surface area contributed by atoms with Crippen LogP contribution in [0.3, 0.4) is 0 Å². The lowest BCUT2D eigenvalue weighted by Crippen LogP contribution is -2.22. The van der Waals surface area contributed by atoms with Gasteiger partial charge in [-0.2, -0.15) is 5.26 Å². The molecule has 0 N–H and O–H groups in total. The second-order valence-corrected chi connectivity index (χ2v) is 9.74. The molecule has 210 valence electrons. The van der Waals surface area contributed by atoms with Crippen molar-refractivity contribution < 1.29 is 9.47 Å². The molecule has 0 saturated carbocycles. The number of aromatic nitrogens is 5. The van der Waals surface area contributed by atoms with E-state index < -0.39 is 0 Å². The van der Waals surface area contributed by atoms with E-state index in [1.165, 1.54) is 0 Å². The van der Waals surface area contributed by atoms with Gasteiger partial charge in [-0.15, -0.1) is 5.10 Å². The van der Waals surface area contributed by atoms with Gasteiger partial charge >= 0.3 is 0 Å². The summed E-state index contributed by atoms with van der Waals surface area (Å²) in [6.07, 6.45) is 5.51. The van der Waals surface area contributed by atoms with Gasteiger partial charge < -0.3 is 9.47 Å². The zero-order chi connectivity index (χ0) is 29.6. The van der Waals surface area contributed by atoms with E-state index in [1.807, 2.05) is 85.1 Å². The van der Waals surface area contributed by atoms with E-state index in [0.29, 0.717) is 46.0 Å². The Hall–Kier alpha value is -6.01. The highest BCUT2D eigenvalue weighted by atomic mass is 16.5. The summed E-state index contributed by atoms with van der Waals surface area (Å²) in [6, 6.07) is 31.7. The Kier molecular flexibility index (Phi) is 7.74. The van der Waals surface area contributed by atoms with Crippen LogP contribution in [0.1, 0.15) is 28.2 Å². The van der Waals surface area contributed by atoms with Crippen LogP contribution in [0.15, 0.2) is 108 Å². The fraction of sp³-hybridized carbons (Fsp3) is 0.0882. The molecule has 0 saturated heterocycles. The smallest absolute Gasteiger partial charge is 0.266 e. The predicted octanol–water partition coefficient (Wildman–Crippen LogP) is 5.66. The van der Waals surface area contributed by atoms with Crippen LogP contribution in [0.25, 0.3) is 28.7 Å². The first-order valence-electron chi connectivity index (χ1n) is 13.5. The van der Waals surface area contributed by atoms with Crippen molar-refractivity contribution in [2.75, 3.05) is 7.11 Å². The van der Waals surface area contributed by atoms with Crippen LogP contribution in [-0.4, -0.2) is 31.7 Å². The van der Waals surface area contributed by atoms with Crippen molar-refractivity contribution in [3.05, 3.63) is 142 Å². The highest BCUT2D eigenvalue weighted by Gasteiger charge is 2.12. The van der Waals surface area contributed by atoms with E-state index in [0.717, 1.165) is 16.9 Å². The molecule has 0 amide bonds. The van der Waals surface area contributed by atoms with Gasteiger partial charge in [0.2, 0.25) is 0 Å². The maximum absolute atomic E-state index is 13.7. The van der Waals surface area contributed by atoms with Gasteiger partial charge in [0.15, 0.2) is 0 Å². The first-order valence-corrected chi connectivity index (χ1v) is 13.5. The summed E-state index contributed by atoms with van der Waals surface area (Å²) in [5, 5.41) is 18.1. The lowest BCUT2D eigenvalue weighted by Gasteiger charge is -2.13. The molecule has 0 aliphatic heterocycles. The summed E-state index contributed by atoms with van der Waals surface area (Å²) < 4.78 is 14.6. The molecule has 0 aliphatic carbocycles. The minimum atomic E-state index is -0.191. The quantitative estimate of drug-likeness (QED) is 0.222. The van der Waals surface area contributed by atoms with E-state index >= 15 is 0 Å².